The number of benzene rings is 3. The minimum atomic E-state index is -0.198. The number of carbonyl (C=O) groups excluding carboxylic acids is 1. The van der Waals surface area contributed by atoms with Crippen molar-refractivity contribution in [3.63, 3.8) is 0 Å². The molecule has 158 valence electrons. The summed E-state index contributed by atoms with van der Waals surface area (Å²) in [5.41, 5.74) is 2.80. The van der Waals surface area contributed by atoms with Crippen LogP contribution in [0.25, 0.3) is 0 Å². The second-order valence-corrected chi connectivity index (χ2v) is 8.84. The van der Waals surface area contributed by atoms with Crippen molar-refractivity contribution in [3.8, 4) is 5.75 Å². The maximum Gasteiger partial charge on any atom is 0.310 e. The van der Waals surface area contributed by atoms with E-state index in [0.29, 0.717) is 24.0 Å². The van der Waals surface area contributed by atoms with Crippen LogP contribution >= 0.6 is 11.8 Å². The number of esters is 1. The summed E-state index contributed by atoms with van der Waals surface area (Å²) < 4.78 is 4.92. The van der Waals surface area contributed by atoms with Gasteiger partial charge >= 0.3 is 5.97 Å². The van der Waals surface area contributed by atoms with Gasteiger partial charge in [0, 0.05) is 16.2 Å². The molecule has 0 atom stereocenters. The van der Waals surface area contributed by atoms with Gasteiger partial charge in [-0.2, -0.15) is 0 Å². The lowest BCUT2D eigenvalue weighted by molar-refractivity contribution is -0.134. The van der Waals surface area contributed by atoms with Crippen LogP contribution in [0.4, 0.5) is 0 Å². The summed E-state index contributed by atoms with van der Waals surface area (Å²) in [7, 11) is 0. The Morgan fingerprint density at radius 3 is 1.53 bits per heavy atom. The third-order valence-corrected chi connectivity index (χ3v) is 5.61. The summed E-state index contributed by atoms with van der Waals surface area (Å²) in [6.45, 7) is 10.7. The van der Waals surface area contributed by atoms with Gasteiger partial charge < -0.3 is 4.74 Å². The number of carbonyl (C=O) groups is 1. The lowest BCUT2D eigenvalue weighted by Gasteiger charge is -2.08. The SMILES string of the molecule is CC(C)c1ccc(Sc2ccc(C(C)C)cc2)cc1.CCC(=O)Oc1ccccc1. The van der Waals surface area contributed by atoms with Gasteiger partial charge in [0.15, 0.2) is 0 Å². The van der Waals surface area contributed by atoms with E-state index in [4.69, 9.17) is 4.74 Å². The van der Waals surface area contributed by atoms with Gasteiger partial charge in [0.2, 0.25) is 0 Å². The molecule has 3 aromatic carbocycles. The zero-order chi connectivity index (χ0) is 21.9. The molecule has 0 saturated heterocycles. The third kappa shape index (κ3) is 8.08. The summed E-state index contributed by atoms with van der Waals surface area (Å²) >= 11 is 1.83. The van der Waals surface area contributed by atoms with Gasteiger partial charge in [-0.05, 0) is 59.4 Å². The van der Waals surface area contributed by atoms with E-state index in [1.165, 1.54) is 20.9 Å². The van der Waals surface area contributed by atoms with Gasteiger partial charge in [-0.25, -0.2) is 0 Å². The molecule has 0 amide bonds. The Morgan fingerprint density at radius 1 is 0.733 bits per heavy atom. The summed E-state index contributed by atoms with van der Waals surface area (Å²) in [6.07, 6.45) is 0.412. The summed E-state index contributed by atoms with van der Waals surface area (Å²) in [5.74, 6) is 1.62. The molecule has 0 aliphatic heterocycles. The van der Waals surface area contributed by atoms with Crippen molar-refractivity contribution in [3.05, 3.63) is 90.0 Å². The predicted octanol–water partition coefficient (Wildman–Crippen LogP) is 8.09. The Balaban J connectivity index is 0.000000248. The third-order valence-electron chi connectivity index (χ3n) is 4.59. The van der Waals surface area contributed by atoms with Crippen LogP contribution in [0.2, 0.25) is 0 Å². The molecule has 2 nitrogen and oxygen atoms in total. The van der Waals surface area contributed by atoms with Crippen molar-refractivity contribution in [1.29, 1.82) is 0 Å². The zero-order valence-electron chi connectivity index (χ0n) is 18.6. The number of rotatable bonds is 6. The van der Waals surface area contributed by atoms with Crippen molar-refractivity contribution in [2.75, 3.05) is 0 Å². The van der Waals surface area contributed by atoms with Crippen LogP contribution in [0.15, 0.2) is 88.7 Å². The fourth-order valence-corrected chi connectivity index (χ4v) is 3.49. The number of hydrogen-bond acceptors (Lipinski definition) is 3. The first-order valence-corrected chi connectivity index (χ1v) is 11.3. The highest BCUT2D eigenvalue weighted by Gasteiger charge is 2.02. The van der Waals surface area contributed by atoms with E-state index in [9.17, 15) is 4.79 Å². The van der Waals surface area contributed by atoms with Crippen LogP contribution in [-0.4, -0.2) is 5.97 Å². The van der Waals surface area contributed by atoms with Gasteiger partial charge in [-0.1, -0.05) is 88.8 Å². The largest absolute Gasteiger partial charge is 0.427 e. The highest BCUT2D eigenvalue weighted by Crippen LogP contribution is 2.29. The monoisotopic (exact) mass is 420 g/mol. The van der Waals surface area contributed by atoms with Crippen LogP contribution in [-0.2, 0) is 4.79 Å². The van der Waals surface area contributed by atoms with E-state index in [1.807, 2.05) is 30.0 Å². The van der Waals surface area contributed by atoms with Crippen LogP contribution in [0, 0.1) is 0 Å². The molecule has 0 bridgehead atoms. The summed E-state index contributed by atoms with van der Waals surface area (Å²) in [4.78, 5) is 13.4. The van der Waals surface area contributed by atoms with Crippen molar-refractivity contribution in [2.45, 2.75) is 62.7 Å². The Bertz CT molecular complexity index is 833. The molecule has 0 spiro atoms. The average Bonchev–Trinajstić information content (AvgIpc) is 2.75. The lowest BCUT2D eigenvalue weighted by Crippen LogP contribution is -2.04. The normalized spacial score (nSPS) is 10.5. The number of para-hydroxylation sites is 1. The molecule has 0 aromatic heterocycles. The Hall–Kier alpha value is -2.52. The summed E-state index contributed by atoms with van der Waals surface area (Å²) in [6, 6.07) is 26.9. The minimum Gasteiger partial charge on any atom is -0.427 e. The van der Waals surface area contributed by atoms with E-state index in [2.05, 4.69) is 76.2 Å². The van der Waals surface area contributed by atoms with E-state index in [0.717, 1.165) is 0 Å². The molecule has 30 heavy (non-hydrogen) atoms. The number of ether oxygens (including phenoxy) is 1. The highest BCUT2D eigenvalue weighted by atomic mass is 32.2. The van der Waals surface area contributed by atoms with E-state index in [-0.39, 0.29) is 5.97 Å². The molecule has 0 aliphatic carbocycles. The van der Waals surface area contributed by atoms with Gasteiger partial charge in [-0.3, -0.25) is 4.79 Å². The molecule has 0 N–H and O–H groups in total. The van der Waals surface area contributed by atoms with E-state index < -0.39 is 0 Å². The first-order chi connectivity index (χ1) is 14.4. The smallest absolute Gasteiger partial charge is 0.310 e. The van der Waals surface area contributed by atoms with Crippen LogP contribution in [0.3, 0.4) is 0 Å². The molecular formula is C27H32O2S. The molecular weight excluding hydrogens is 388 g/mol. The fraction of sp³-hybridized carbons (Fsp3) is 0.296. The van der Waals surface area contributed by atoms with Crippen LogP contribution in [0.1, 0.15) is 64.0 Å². The molecule has 0 aliphatic rings. The first-order valence-electron chi connectivity index (χ1n) is 10.5. The molecule has 3 rings (SSSR count). The quantitative estimate of drug-likeness (QED) is 0.298. The minimum absolute atomic E-state index is 0.198. The maximum atomic E-state index is 10.8. The zero-order valence-corrected chi connectivity index (χ0v) is 19.4. The second kappa shape index (κ2) is 12.2. The van der Waals surface area contributed by atoms with Crippen molar-refractivity contribution < 1.29 is 9.53 Å². The molecule has 0 unspecified atom stereocenters. The van der Waals surface area contributed by atoms with Crippen molar-refractivity contribution in [1.82, 2.24) is 0 Å². The van der Waals surface area contributed by atoms with Gasteiger partial charge in [0.25, 0.3) is 0 Å². The highest BCUT2D eigenvalue weighted by molar-refractivity contribution is 7.99. The van der Waals surface area contributed by atoms with Crippen LogP contribution in [0.5, 0.6) is 5.75 Å². The Morgan fingerprint density at radius 2 is 1.17 bits per heavy atom. The fourth-order valence-electron chi connectivity index (χ4n) is 2.67. The summed E-state index contributed by atoms with van der Waals surface area (Å²) in [5, 5.41) is 0. The maximum absolute atomic E-state index is 10.8. The molecule has 0 saturated carbocycles. The molecule has 0 radical (unpaired) electrons. The molecule has 0 fully saturated rings. The topological polar surface area (TPSA) is 26.3 Å². The van der Waals surface area contributed by atoms with Crippen LogP contribution < -0.4 is 4.74 Å². The molecule has 3 aromatic rings. The Kier molecular flexibility index (Phi) is 9.69. The van der Waals surface area contributed by atoms with E-state index in [1.54, 1.807) is 19.1 Å². The standard InChI is InChI=1S/C18H22S.C9H10O2/c1-13(2)15-5-9-17(10-6-15)19-18-11-7-16(8-12-18)14(3)4;1-2-9(10)11-8-6-4-3-5-7-8/h5-14H,1-4H3;3-7H,2H2,1H3. The number of hydrogen-bond donors (Lipinski definition) is 0. The average molecular weight is 421 g/mol. The second-order valence-electron chi connectivity index (χ2n) is 7.69. The first kappa shape index (κ1) is 23.8. The van der Waals surface area contributed by atoms with Gasteiger partial charge in [0.05, 0.1) is 0 Å². The Labute approximate surface area is 185 Å². The van der Waals surface area contributed by atoms with Crippen molar-refractivity contribution >= 4 is 17.7 Å². The predicted molar refractivity (Wildman–Crippen MR) is 128 cm³/mol. The molecule has 0 heterocycles. The lowest BCUT2D eigenvalue weighted by atomic mass is 10.0. The van der Waals surface area contributed by atoms with Gasteiger partial charge in [0.1, 0.15) is 5.75 Å². The van der Waals surface area contributed by atoms with Gasteiger partial charge in [-0.15, -0.1) is 0 Å². The molecule has 3 heteroatoms. The van der Waals surface area contributed by atoms with Crippen molar-refractivity contribution in [2.24, 2.45) is 0 Å². The van der Waals surface area contributed by atoms with E-state index >= 15 is 0 Å².